The van der Waals surface area contributed by atoms with Gasteiger partial charge in [-0.3, -0.25) is 10.2 Å². The van der Waals surface area contributed by atoms with Gasteiger partial charge in [0.15, 0.2) is 16.6 Å². The molecule has 2 aromatic heterocycles. The van der Waals surface area contributed by atoms with Crippen molar-refractivity contribution >= 4 is 50.7 Å². The predicted octanol–water partition coefficient (Wildman–Crippen LogP) is 5.26. The minimum Gasteiger partial charge on any atom is -0.462 e. The molecule has 2 aliphatic heterocycles. The topological polar surface area (TPSA) is 86.9 Å². The van der Waals surface area contributed by atoms with Crippen LogP contribution in [0.4, 0.5) is 0 Å². The van der Waals surface area contributed by atoms with Gasteiger partial charge in [0.25, 0.3) is 5.91 Å². The molecule has 0 atom stereocenters. The Balaban J connectivity index is 1.40. The molecule has 4 aromatic rings. The van der Waals surface area contributed by atoms with Crippen molar-refractivity contribution in [2.45, 2.75) is 13.5 Å². The smallest absolute Gasteiger partial charge is 0.283 e. The molecular weight excluding hydrogens is 446 g/mol. The third-order valence-electron chi connectivity index (χ3n) is 5.91. The Kier molecular flexibility index (Phi) is 4.81. The molecule has 2 aliphatic rings. The Labute approximate surface area is 199 Å². The number of nitrogens with one attached hydrogen (secondary N) is 1. The summed E-state index contributed by atoms with van der Waals surface area (Å²) in [7, 11) is 0. The van der Waals surface area contributed by atoms with Gasteiger partial charge in [-0.05, 0) is 54.1 Å². The molecule has 0 bridgehead atoms. The maximum Gasteiger partial charge on any atom is 0.283 e. The first-order valence-corrected chi connectivity index (χ1v) is 11.6. The number of para-hydroxylation sites is 1. The maximum atomic E-state index is 12.9. The molecule has 6 rings (SSSR count). The van der Waals surface area contributed by atoms with E-state index in [2.05, 4.69) is 39.8 Å². The highest BCUT2D eigenvalue weighted by Gasteiger charge is 2.36. The molecule has 0 spiro atoms. The quantitative estimate of drug-likeness (QED) is 0.417. The molecule has 2 aromatic carbocycles. The van der Waals surface area contributed by atoms with Gasteiger partial charge in [0.1, 0.15) is 0 Å². The van der Waals surface area contributed by atoms with Crippen molar-refractivity contribution in [1.82, 2.24) is 9.58 Å². The molecule has 7 nitrogen and oxygen atoms in total. The van der Waals surface area contributed by atoms with Crippen LogP contribution in [-0.2, 0) is 11.3 Å². The van der Waals surface area contributed by atoms with Crippen LogP contribution in [0.2, 0.25) is 0 Å². The molecular formula is C26H19N5O2S. The molecule has 1 amide bonds. The zero-order valence-electron chi connectivity index (χ0n) is 18.2. The van der Waals surface area contributed by atoms with Gasteiger partial charge < -0.3 is 8.98 Å². The summed E-state index contributed by atoms with van der Waals surface area (Å²) in [6.45, 7) is 2.82. The summed E-state index contributed by atoms with van der Waals surface area (Å²) in [4.78, 5) is 17.1. The fourth-order valence-electron chi connectivity index (χ4n) is 4.14. The fourth-order valence-corrected chi connectivity index (χ4v) is 5.00. The van der Waals surface area contributed by atoms with Crippen LogP contribution in [0.5, 0.6) is 0 Å². The molecule has 8 heteroatoms. The highest BCUT2D eigenvalue weighted by Crippen LogP contribution is 2.32. The van der Waals surface area contributed by atoms with Crippen LogP contribution in [0.1, 0.15) is 22.5 Å². The lowest BCUT2D eigenvalue weighted by Crippen LogP contribution is -2.35. The standard InChI is InChI=1S/C26H19N5O2S/c1-16-7-2-3-8-17(16)14-30-15-18(19-9-4-5-10-21(19)30)13-20-23(27)31-26(28-24(20)32)34-25(29-31)22-11-6-12-33-22/h2-13,15,27H,14H2,1H3/b20-13-,27-23?. The number of furan rings is 1. The van der Waals surface area contributed by atoms with Crippen molar-refractivity contribution in [3.05, 3.63) is 101 Å². The number of aliphatic imine (C=N–C) groups is 1. The van der Waals surface area contributed by atoms with Crippen molar-refractivity contribution in [3.63, 3.8) is 0 Å². The number of fused-ring (bicyclic) bond motifs is 2. The lowest BCUT2D eigenvalue weighted by molar-refractivity contribution is -0.114. The van der Waals surface area contributed by atoms with Crippen LogP contribution in [0.15, 0.2) is 93.2 Å². The van der Waals surface area contributed by atoms with Crippen molar-refractivity contribution in [1.29, 1.82) is 5.41 Å². The summed E-state index contributed by atoms with van der Waals surface area (Å²) >= 11 is 1.22. The number of aromatic nitrogens is 1. The van der Waals surface area contributed by atoms with Crippen molar-refractivity contribution in [2.24, 2.45) is 10.1 Å². The van der Waals surface area contributed by atoms with Gasteiger partial charge in [-0.15, -0.1) is 0 Å². The number of hydrogen-bond acceptors (Lipinski definition) is 5. The first-order chi connectivity index (χ1) is 16.6. The third kappa shape index (κ3) is 3.39. The Morgan fingerprint density at radius 1 is 1.09 bits per heavy atom. The molecule has 1 N–H and O–H groups in total. The van der Waals surface area contributed by atoms with E-state index in [9.17, 15) is 4.79 Å². The Morgan fingerprint density at radius 3 is 2.74 bits per heavy atom. The second-order valence-electron chi connectivity index (χ2n) is 8.06. The first kappa shape index (κ1) is 20.4. The number of amidine groups is 2. The van der Waals surface area contributed by atoms with E-state index in [0.29, 0.717) is 22.5 Å². The lowest BCUT2D eigenvalue weighted by atomic mass is 10.1. The number of thioether (sulfide) groups is 1. The summed E-state index contributed by atoms with van der Waals surface area (Å²) in [6, 6.07) is 19.9. The highest BCUT2D eigenvalue weighted by atomic mass is 32.2. The zero-order chi connectivity index (χ0) is 23.2. The van der Waals surface area contributed by atoms with Crippen LogP contribution in [0.3, 0.4) is 0 Å². The summed E-state index contributed by atoms with van der Waals surface area (Å²) in [5.74, 6) is 0.127. The number of benzene rings is 2. The normalized spacial score (nSPS) is 16.9. The van der Waals surface area contributed by atoms with Gasteiger partial charge in [-0.25, -0.2) is 0 Å². The number of nitrogens with zero attached hydrogens (tertiary/aromatic N) is 4. The van der Waals surface area contributed by atoms with E-state index in [0.717, 1.165) is 16.5 Å². The third-order valence-corrected chi connectivity index (χ3v) is 6.83. The second-order valence-corrected chi connectivity index (χ2v) is 9.01. The summed E-state index contributed by atoms with van der Waals surface area (Å²) < 4.78 is 7.59. The number of rotatable bonds is 4. The average Bonchev–Trinajstić information content (AvgIpc) is 3.58. The van der Waals surface area contributed by atoms with Gasteiger partial charge in [-0.1, -0.05) is 42.5 Å². The SMILES string of the molecule is Cc1ccccc1Cn1cc(/C=C2/C(=N)N3N=C(c4ccco4)SC3=NC2=O)c2ccccc21. The van der Waals surface area contributed by atoms with E-state index in [1.165, 1.54) is 27.9 Å². The summed E-state index contributed by atoms with van der Waals surface area (Å²) in [5, 5.41) is 16.5. The minimum atomic E-state index is -0.449. The average molecular weight is 466 g/mol. The molecule has 166 valence electrons. The largest absolute Gasteiger partial charge is 0.462 e. The van der Waals surface area contributed by atoms with Gasteiger partial charge in [0.2, 0.25) is 5.17 Å². The molecule has 0 saturated carbocycles. The Morgan fingerprint density at radius 2 is 1.91 bits per heavy atom. The molecule has 4 heterocycles. The molecule has 0 aliphatic carbocycles. The maximum absolute atomic E-state index is 12.9. The van der Waals surface area contributed by atoms with Crippen LogP contribution in [0, 0.1) is 12.3 Å². The van der Waals surface area contributed by atoms with Crippen LogP contribution >= 0.6 is 11.8 Å². The van der Waals surface area contributed by atoms with Crippen molar-refractivity contribution < 1.29 is 9.21 Å². The van der Waals surface area contributed by atoms with Crippen molar-refractivity contribution in [3.8, 4) is 0 Å². The van der Waals surface area contributed by atoms with Crippen LogP contribution in [0.25, 0.3) is 17.0 Å². The van der Waals surface area contributed by atoms with E-state index in [1.54, 1.807) is 24.5 Å². The number of hydrogen-bond donors (Lipinski definition) is 1. The fraction of sp³-hybridized carbons (Fsp3) is 0.0769. The second kappa shape index (κ2) is 8.00. The highest BCUT2D eigenvalue weighted by molar-refractivity contribution is 8.27. The monoisotopic (exact) mass is 465 g/mol. The van der Waals surface area contributed by atoms with E-state index < -0.39 is 5.91 Å². The van der Waals surface area contributed by atoms with E-state index in [4.69, 9.17) is 9.83 Å². The minimum absolute atomic E-state index is 0.000193. The van der Waals surface area contributed by atoms with Gasteiger partial charge in [-0.2, -0.15) is 15.1 Å². The number of carbonyl (C=O) groups is 1. The molecule has 0 saturated heterocycles. The van der Waals surface area contributed by atoms with E-state index >= 15 is 0 Å². The van der Waals surface area contributed by atoms with Gasteiger partial charge >= 0.3 is 0 Å². The lowest BCUT2D eigenvalue weighted by Gasteiger charge is -2.20. The van der Waals surface area contributed by atoms with E-state index in [-0.39, 0.29) is 11.4 Å². The number of carbonyl (C=O) groups excluding carboxylic acids is 1. The number of amides is 1. The van der Waals surface area contributed by atoms with Crippen LogP contribution in [-0.4, -0.2) is 31.5 Å². The van der Waals surface area contributed by atoms with Gasteiger partial charge in [0.05, 0.1) is 11.8 Å². The Hall–Kier alpha value is -4.17. The van der Waals surface area contributed by atoms with E-state index in [1.807, 2.05) is 36.5 Å². The summed E-state index contributed by atoms with van der Waals surface area (Å²) in [5.41, 5.74) is 4.58. The Bertz CT molecular complexity index is 1560. The number of hydrazone groups is 1. The zero-order valence-corrected chi connectivity index (χ0v) is 19.0. The first-order valence-electron chi connectivity index (χ1n) is 10.7. The molecule has 0 fully saturated rings. The number of aryl methyl sites for hydroxylation is 1. The van der Waals surface area contributed by atoms with Crippen molar-refractivity contribution in [2.75, 3.05) is 0 Å². The van der Waals surface area contributed by atoms with Gasteiger partial charge in [0, 0.05) is 29.2 Å². The summed E-state index contributed by atoms with van der Waals surface area (Å²) in [6.07, 6.45) is 5.33. The predicted molar refractivity (Wildman–Crippen MR) is 135 cm³/mol. The molecule has 34 heavy (non-hydrogen) atoms. The molecule has 0 radical (unpaired) electrons. The molecule has 0 unspecified atom stereocenters. The van der Waals surface area contributed by atoms with Crippen LogP contribution < -0.4 is 0 Å².